The minimum Gasteiger partial charge on any atom is -0.454 e. The highest BCUT2D eigenvalue weighted by Gasteiger charge is 2.50. The van der Waals surface area contributed by atoms with Gasteiger partial charge in [-0.25, -0.2) is 4.79 Å². The van der Waals surface area contributed by atoms with Crippen LogP contribution >= 0.6 is 0 Å². The number of esters is 1. The van der Waals surface area contributed by atoms with Gasteiger partial charge in [-0.15, -0.1) is 0 Å². The van der Waals surface area contributed by atoms with Crippen molar-refractivity contribution in [3.05, 3.63) is 12.2 Å². The van der Waals surface area contributed by atoms with E-state index >= 15 is 0 Å². The van der Waals surface area contributed by atoms with Crippen molar-refractivity contribution >= 4 is 5.97 Å². The first-order valence-corrected chi connectivity index (χ1v) is 7.57. The van der Waals surface area contributed by atoms with Crippen molar-refractivity contribution in [1.82, 2.24) is 0 Å². The van der Waals surface area contributed by atoms with Gasteiger partial charge in [0.25, 0.3) is 0 Å². The van der Waals surface area contributed by atoms with Crippen LogP contribution in [0.3, 0.4) is 0 Å². The monoisotopic (exact) mass is 314 g/mol. The van der Waals surface area contributed by atoms with Gasteiger partial charge in [0.15, 0.2) is 6.10 Å². The van der Waals surface area contributed by atoms with Crippen LogP contribution in [0.2, 0.25) is 0 Å². The van der Waals surface area contributed by atoms with Crippen molar-refractivity contribution in [2.45, 2.75) is 52.1 Å². The molecule has 2 fully saturated rings. The van der Waals surface area contributed by atoms with Gasteiger partial charge in [0, 0.05) is 5.57 Å². The Bertz CT molecular complexity index is 413. The standard InChI is InChI=1S/C16H26O6/c1-10(2)15(17)22-12-7-20-13-11(6-19-14(12)13)21-9-18-8-16(3,4)5/h11-14H,1,6-9H2,2-5H3. The zero-order valence-corrected chi connectivity index (χ0v) is 13.8. The maximum atomic E-state index is 11.6. The van der Waals surface area contributed by atoms with Crippen molar-refractivity contribution in [1.29, 1.82) is 0 Å². The molecule has 6 heteroatoms. The van der Waals surface area contributed by atoms with E-state index in [-0.39, 0.29) is 30.5 Å². The Kier molecular flexibility index (Phi) is 5.60. The van der Waals surface area contributed by atoms with E-state index in [4.69, 9.17) is 23.7 Å². The van der Waals surface area contributed by atoms with Crippen LogP contribution in [0.5, 0.6) is 0 Å². The molecule has 0 amide bonds. The molecule has 0 aromatic rings. The number of fused-ring (bicyclic) bond motifs is 1. The van der Waals surface area contributed by atoms with Crippen LogP contribution in [0.1, 0.15) is 27.7 Å². The summed E-state index contributed by atoms with van der Waals surface area (Å²) in [6.07, 6.45) is -1.10. The van der Waals surface area contributed by atoms with Gasteiger partial charge in [0.2, 0.25) is 0 Å². The Morgan fingerprint density at radius 2 is 1.77 bits per heavy atom. The Morgan fingerprint density at radius 3 is 2.36 bits per heavy atom. The van der Waals surface area contributed by atoms with Gasteiger partial charge in [0.05, 0.1) is 19.8 Å². The number of rotatable bonds is 6. The predicted octanol–water partition coefficient (Wildman–Crippen LogP) is 1.68. The van der Waals surface area contributed by atoms with Crippen molar-refractivity contribution in [3.63, 3.8) is 0 Å². The molecule has 0 spiro atoms. The zero-order valence-electron chi connectivity index (χ0n) is 13.8. The molecule has 0 radical (unpaired) electrons. The summed E-state index contributed by atoms with van der Waals surface area (Å²) in [6.45, 7) is 13.0. The molecule has 0 N–H and O–H groups in total. The van der Waals surface area contributed by atoms with Crippen LogP contribution in [-0.2, 0) is 28.5 Å². The topological polar surface area (TPSA) is 63.2 Å². The molecule has 0 saturated carbocycles. The van der Waals surface area contributed by atoms with Crippen LogP contribution in [0.4, 0.5) is 0 Å². The molecule has 2 rings (SSSR count). The van der Waals surface area contributed by atoms with Crippen LogP contribution in [0, 0.1) is 5.41 Å². The maximum Gasteiger partial charge on any atom is 0.333 e. The second kappa shape index (κ2) is 7.08. The first kappa shape index (κ1) is 17.4. The maximum absolute atomic E-state index is 11.6. The van der Waals surface area contributed by atoms with E-state index in [9.17, 15) is 4.79 Å². The van der Waals surface area contributed by atoms with Crippen LogP contribution in [-0.4, -0.2) is 57.0 Å². The number of hydrogen-bond acceptors (Lipinski definition) is 6. The van der Waals surface area contributed by atoms with Gasteiger partial charge >= 0.3 is 5.97 Å². The lowest BCUT2D eigenvalue weighted by molar-refractivity contribution is -0.149. The Morgan fingerprint density at radius 1 is 1.18 bits per heavy atom. The molecule has 2 aliphatic rings. The van der Waals surface area contributed by atoms with E-state index < -0.39 is 12.1 Å². The summed E-state index contributed by atoms with van der Waals surface area (Å²) in [6, 6.07) is 0. The summed E-state index contributed by atoms with van der Waals surface area (Å²) in [5.74, 6) is -0.421. The molecule has 2 saturated heterocycles. The lowest BCUT2D eigenvalue weighted by Crippen LogP contribution is -2.35. The quantitative estimate of drug-likeness (QED) is 0.322. The second-order valence-electron chi connectivity index (χ2n) is 7.05. The van der Waals surface area contributed by atoms with Crippen LogP contribution < -0.4 is 0 Å². The SMILES string of the molecule is C=C(C)C(=O)OC1COC2C(OCOCC(C)(C)C)COC12. The molecular formula is C16H26O6. The molecule has 0 bridgehead atoms. The summed E-state index contributed by atoms with van der Waals surface area (Å²) < 4.78 is 27.9. The number of hydrogen-bond donors (Lipinski definition) is 0. The molecular weight excluding hydrogens is 288 g/mol. The van der Waals surface area contributed by atoms with Gasteiger partial charge in [0.1, 0.15) is 25.1 Å². The summed E-state index contributed by atoms with van der Waals surface area (Å²) in [7, 11) is 0. The lowest BCUT2D eigenvalue weighted by Gasteiger charge is -2.20. The summed E-state index contributed by atoms with van der Waals surface area (Å²) in [4.78, 5) is 11.6. The van der Waals surface area contributed by atoms with Crippen LogP contribution in [0.25, 0.3) is 0 Å². The number of carbonyl (C=O) groups is 1. The molecule has 6 nitrogen and oxygen atoms in total. The van der Waals surface area contributed by atoms with Crippen LogP contribution in [0.15, 0.2) is 12.2 Å². The second-order valence-corrected chi connectivity index (χ2v) is 7.05. The first-order chi connectivity index (χ1) is 10.3. The highest BCUT2D eigenvalue weighted by Crippen LogP contribution is 2.31. The fourth-order valence-electron chi connectivity index (χ4n) is 2.39. The van der Waals surface area contributed by atoms with E-state index in [0.717, 1.165) is 0 Å². The number of carbonyl (C=O) groups excluding carboxylic acids is 1. The van der Waals surface area contributed by atoms with Gasteiger partial charge in [-0.2, -0.15) is 0 Å². The van der Waals surface area contributed by atoms with Crippen molar-refractivity contribution in [2.75, 3.05) is 26.6 Å². The first-order valence-electron chi connectivity index (χ1n) is 7.57. The Labute approximate surface area is 131 Å². The van der Waals surface area contributed by atoms with E-state index in [0.29, 0.717) is 25.4 Å². The third kappa shape index (κ3) is 4.52. The highest BCUT2D eigenvalue weighted by molar-refractivity contribution is 5.87. The highest BCUT2D eigenvalue weighted by atomic mass is 16.7. The molecule has 0 aromatic carbocycles. The van der Waals surface area contributed by atoms with Gasteiger partial charge in [-0.1, -0.05) is 27.4 Å². The summed E-state index contributed by atoms with van der Waals surface area (Å²) in [5, 5.41) is 0. The zero-order chi connectivity index (χ0) is 16.3. The number of ether oxygens (including phenoxy) is 5. The third-order valence-electron chi connectivity index (χ3n) is 3.47. The van der Waals surface area contributed by atoms with Crippen molar-refractivity contribution < 1.29 is 28.5 Å². The molecule has 2 heterocycles. The Balaban J connectivity index is 1.75. The van der Waals surface area contributed by atoms with Crippen molar-refractivity contribution in [2.24, 2.45) is 5.41 Å². The van der Waals surface area contributed by atoms with Gasteiger partial charge in [-0.05, 0) is 12.3 Å². The van der Waals surface area contributed by atoms with E-state index in [1.54, 1.807) is 6.92 Å². The smallest absolute Gasteiger partial charge is 0.333 e. The molecule has 4 atom stereocenters. The predicted molar refractivity (Wildman–Crippen MR) is 79.3 cm³/mol. The normalized spacial score (nSPS) is 31.1. The average molecular weight is 314 g/mol. The Hall–Kier alpha value is -0.950. The average Bonchev–Trinajstić information content (AvgIpc) is 2.97. The fraction of sp³-hybridized carbons (Fsp3) is 0.812. The van der Waals surface area contributed by atoms with Crippen molar-refractivity contribution in [3.8, 4) is 0 Å². The molecule has 4 unspecified atom stereocenters. The van der Waals surface area contributed by atoms with E-state index in [1.807, 2.05) is 0 Å². The fourth-order valence-corrected chi connectivity index (χ4v) is 2.39. The summed E-state index contributed by atoms with van der Waals surface area (Å²) in [5.41, 5.74) is 0.467. The lowest BCUT2D eigenvalue weighted by atomic mass is 9.99. The van der Waals surface area contributed by atoms with Gasteiger partial charge in [-0.3, -0.25) is 0 Å². The molecule has 126 valence electrons. The van der Waals surface area contributed by atoms with E-state index in [1.165, 1.54) is 0 Å². The molecule has 0 aliphatic carbocycles. The van der Waals surface area contributed by atoms with E-state index in [2.05, 4.69) is 27.4 Å². The third-order valence-corrected chi connectivity index (χ3v) is 3.47. The molecule has 22 heavy (non-hydrogen) atoms. The minimum absolute atomic E-state index is 0.101. The summed E-state index contributed by atoms with van der Waals surface area (Å²) >= 11 is 0. The largest absolute Gasteiger partial charge is 0.454 e. The molecule has 2 aliphatic heterocycles. The minimum atomic E-state index is -0.421. The molecule has 0 aromatic heterocycles. The van der Waals surface area contributed by atoms with Gasteiger partial charge < -0.3 is 23.7 Å².